The van der Waals surface area contributed by atoms with Gasteiger partial charge in [-0.15, -0.1) is 24.8 Å². The molecule has 7 heteroatoms. The number of hydrogen-bond acceptors (Lipinski definition) is 4. The van der Waals surface area contributed by atoms with E-state index >= 15 is 0 Å². The van der Waals surface area contributed by atoms with Gasteiger partial charge in [0, 0.05) is 78.1 Å². The van der Waals surface area contributed by atoms with E-state index < -0.39 is 0 Å². The molecule has 0 saturated heterocycles. The summed E-state index contributed by atoms with van der Waals surface area (Å²) >= 11 is 0. The van der Waals surface area contributed by atoms with Crippen LogP contribution in [0.15, 0.2) is 216 Å². The molecule has 8 aromatic carbocycles. The van der Waals surface area contributed by atoms with Gasteiger partial charge in [-0.25, -0.2) is 0 Å². The molecular formula is C62H64Cl2N2O2Ti. The van der Waals surface area contributed by atoms with Gasteiger partial charge in [-0.2, -0.15) is 0 Å². The monoisotopic (exact) mass is 986 g/mol. The molecule has 0 aliphatic carbocycles. The quantitative estimate of drug-likeness (QED) is 0.0946. The van der Waals surface area contributed by atoms with Gasteiger partial charge in [0.05, 0.1) is 11.4 Å². The SMILES string of the molecule is CC(C)(c1ccccc1)c1cc(C=Nc2ccccc2)c(O)c(C(C)(C)c2ccccc2)c1.CC(C)(c1ccccc1)c1cc(C=Nc2ccccc2)c(O)c(C(C)(C)c2ccccc2)c1.Cl.Cl.[Ti]. The number of rotatable bonds is 12. The Labute approximate surface area is 438 Å². The van der Waals surface area contributed by atoms with Crippen molar-refractivity contribution in [3.8, 4) is 11.5 Å². The minimum atomic E-state index is -0.385. The molecule has 0 aliphatic heterocycles. The number of phenols is 2. The van der Waals surface area contributed by atoms with Gasteiger partial charge in [-0.1, -0.05) is 225 Å². The molecule has 8 rings (SSSR count). The van der Waals surface area contributed by atoms with Crippen molar-refractivity contribution < 1.29 is 31.9 Å². The van der Waals surface area contributed by atoms with Crippen molar-refractivity contribution in [2.24, 2.45) is 9.98 Å². The molecule has 0 fully saturated rings. The Morgan fingerprint density at radius 3 is 0.812 bits per heavy atom. The van der Waals surface area contributed by atoms with Crippen molar-refractivity contribution in [3.05, 3.63) is 262 Å². The molecule has 0 bridgehead atoms. The summed E-state index contributed by atoms with van der Waals surface area (Å²) in [5.74, 6) is 0.548. The first-order chi connectivity index (χ1) is 31.6. The van der Waals surface area contributed by atoms with Gasteiger partial charge in [0.25, 0.3) is 0 Å². The second-order valence-electron chi connectivity index (χ2n) is 19.1. The van der Waals surface area contributed by atoms with Gasteiger partial charge < -0.3 is 10.2 Å². The summed E-state index contributed by atoms with van der Waals surface area (Å²) < 4.78 is 0. The Hall–Kier alpha value is -6.01. The Morgan fingerprint density at radius 1 is 0.319 bits per heavy atom. The number of para-hydroxylation sites is 2. The van der Waals surface area contributed by atoms with Crippen LogP contribution in [0.2, 0.25) is 0 Å². The van der Waals surface area contributed by atoms with E-state index in [0.29, 0.717) is 0 Å². The van der Waals surface area contributed by atoms with Crippen molar-refractivity contribution in [2.45, 2.75) is 77.0 Å². The summed E-state index contributed by atoms with van der Waals surface area (Å²) in [5.41, 5.74) is 10.7. The maximum atomic E-state index is 11.4. The van der Waals surface area contributed by atoms with Gasteiger partial charge in [-0.3, -0.25) is 9.98 Å². The number of benzene rings is 8. The summed E-state index contributed by atoms with van der Waals surface area (Å²) in [7, 11) is 0. The summed E-state index contributed by atoms with van der Waals surface area (Å²) in [6.45, 7) is 17.6. The maximum absolute atomic E-state index is 11.4. The van der Waals surface area contributed by atoms with Gasteiger partial charge in [-0.05, 0) is 69.8 Å². The second-order valence-corrected chi connectivity index (χ2v) is 19.1. The minimum absolute atomic E-state index is 0. The van der Waals surface area contributed by atoms with Crippen LogP contribution < -0.4 is 0 Å². The van der Waals surface area contributed by atoms with Crippen molar-refractivity contribution in [1.82, 2.24) is 0 Å². The molecule has 0 heterocycles. The number of aliphatic imine (C=N–C) groups is 2. The van der Waals surface area contributed by atoms with Crippen LogP contribution in [0.4, 0.5) is 11.4 Å². The van der Waals surface area contributed by atoms with E-state index in [1.807, 2.05) is 109 Å². The van der Waals surface area contributed by atoms with E-state index in [4.69, 9.17) is 0 Å². The van der Waals surface area contributed by atoms with Crippen LogP contribution in [0.25, 0.3) is 0 Å². The molecule has 352 valence electrons. The fourth-order valence-corrected chi connectivity index (χ4v) is 8.57. The summed E-state index contributed by atoms with van der Waals surface area (Å²) in [5, 5.41) is 22.9. The molecule has 0 spiro atoms. The molecule has 69 heavy (non-hydrogen) atoms. The average Bonchev–Trinajstić information content (AvgIpc) is 3.35. The van der Waals surface area contributed by atoms with Crippen LogP contribution >= 0.6 is 24.8 Å². The first-order valence-corrected chi connectivity index (χ1v) is 22.8. The van der Waals surface area contributed by atoms with Gasteiger partial charge in [0.2, 0.25) is 0 Å². The zero-order valence-corrected chi connectivity index (χ0v) is 44.1. The van der Waals surface area contributed by atoms with Crippen molar-refractivity contribution in [3.63, 3.8) is 0 Å². The molecule has 0 atom stereocenters. The summed E-state index contributed by atoms with van der Waals surface area (Å²) in [6.07, 6.45) is 3.56. The third kappa shape index (κ3) is 12.8. The first kappa shape index (κ1) is 55.6. The average molecular weight is 988 g/mol. The van der Waals surface area contributed by atoms with E-state index in [1.165, 1.54) is 11.1 Å². The van der Waals surface area contributed by atoms with Gasteiger partial charge >= 0.3 is 0 Å². The number of aromatic hydroxyl groups is 2. The number of hydrogen-bond donors (Lipinski definition) is 2. The fourth-order valence-electron chi connectivity index (χ4n) is 8.57. The predicted octanol–water partition coefficient (Wildman–Crippen LogP) is 16.4. The smallest absolute Gasteiger partial charge is 0.128 e. The Balaban J connectivity index is 0.000000288. The van der Waals surface area contributed by atoms with Gasteiger partial charge in [0.15, 0.2) is 0 Å². The first-order valence-electron chi connectivity index (χ1n) is 22.8. The molecule has 0 unspecified atom stereocenters. The summed E-state index contributed by atoms with van der Waals surface area (Å²) in [4.78, 5) is 9.29. The number of halogens is 2. The van der Waals surface area contributed by atoms with Crippen LogP contribution in [-0.2, 0) is 43.4 Å². The maximum Gasteiger partial charge on any atom is 0.128 e. The normalized spacial score (nSPS) is 11.7. The number of nitrogens with zero attached hydrogens (tertiary/aromatic N) is 2. The van der Waals surface area contributed by atoms with E-state index in [-0.39, 0.29) is 79.7 Å². The second kappa shape index (κ2) is 24.0. The predicted molar refractivity (Wildman–Crippen MR) is 292 cm³/mol. The molecule has 0 saturated carbocycles. The molecule has 8 aromatic rings. The molecule has 4 nitrogen and oxygen atoms in total. The van der Waals surface area contributed by atoms with Crippen molar-refractivity contribution in [1.29, 1.82) is 0 Å². The van der Waals surface area contributed by atoms with Crippen LogP contribution in [0.3, 0.4) is 0 Å². The van der Waals surface area contributed by atoms with Crippen molar-refractivity contribution >= 4 is 48.6 Å². The fraction of sp³-hybridized carbons (Fsp3) is 0.194. The van der Waals surface area contributed by atoms with E-state index in [9.17, 15) is 10.2 Å². The Morgan fingerprint density at radius 2 is 0.551 bits per heavy atom. The zero-order valence-electron chi connectivity index (χ0n) is 40.9. The largest absolute Gasteiger partial charge is 0.507 e. The molecule has 0 radical (unpaired) electrons. The molecule has 2 N–H and O–H groups in total. The molecule has 0 aromatic heterocycles. The third-order valence-corrected chi connectivity index (χ3v) is 13.3. The van der Waals surface area contributed by atoms with Crippen LogP contribution in [-0.4, -0.2) is 22.6 Å². The van der Waals surface area contributed by atoms with E-state index in [2.05, 4.69) is 162 Å². The minimum Gasteiger partial charge on any atom is -0.507 e. The van der Waals surface area contributed by atoms with Crippen molar-refractivity contribution in [2.75, 3.05) is 0 Å². The van der Waals surface area contributed by atoms with E-state index in [0.717, 1.165) is 55.9 Å². The van der Waals surface area contributed by atoms with Gasteiger partial charge in [0.1, 0.15) is 11.5 Å². The van der Waals surface area contributed by atoms with E-state index in [1.54, 1.807) is 12.4 Å². The Bertz CT molecular complexity index is 2700. The van der Waals surface area contributed by atoms with Crippen LogP contribution in [0, 0.1) is 0 Å². The molecular weight excluding hydrogens is 923 g/mol. The zero-order chi connectivity index (χ0) is 47.0. The van der Waals surface area contributed by atoms with Crippen LogP contribution in [0.5, 0.6) is 11.5 Å². The Kier molecular flexibility index (Phi) is 19.3. The number of phenolic OH excluding ortho intramolecular Hbond substituents is 2. The standard InChI is InChI=1S/2C31H31NO.2ClH.Ti/c2*1-30(2,24-14-8-5-9-15-24)26-20-23(22-32-27-18-12-7-13-19-27)29(33)28(21-26)31(3,4)25-16-10-6-11-17-25;;;/h2*5-22,33H,1-4H3;2*1H;. The topological polar surface area (TPSA) is 65.2 Å². The molecule has 0 amide bonds. The third-order valence-electron chi connectivity index (χ3n) is 13.3. The summed E-state index contributed by atoms with van der Waals surface area (Å²) in [6, 6.07) is 69.8. The van der Waals surface area contributed by atoms with Crippen LogP contribution in [0.1, 0.15) is 111 Å². The molecule has 0 aliphatic rings.